The maximum absolute atomic E-state index is 12.0. The number of nitrogens with zero attached hydrogens (tertiary/aromatic N) is 1. The third kappa shape index (κ3) is 4.23. The van der Waals surface area contributed by atoms with Gasteiger partial charge in [0.1, 0.15) is 11.4 Å². The Morgan fingerprint density at radius 3 is 2.88 bits per heavy atom. The highest BCUT2D eigenvalue weighted by atomic mass is 32.1. The molecule has 8 heteroatoms. The summed E-state index contributed by atoms with van der Waals surface area (Å²) in [4.78, 5) is 27.9. The Bertz CT molecular complexity index is 742. The minimum atomic E-state index is -0.370. The van der Waals surface area contributed by atoms with Crippen molar-refractivity contribution in [2.24, 2.45) is 0 Å². The second kappa shape index (κ2) is 7.31. The molecule has 0 saturated heterocycles. The fourth-order valence-electron chi connectivity index (χ4n) is 2.06. The number of hydrogen-bond acceptors (Lipinski definition) is 6. The molecule has 0 aliphatic heterocycles. The van der Waals surface area contributed by atoms with Crippen LogP contribution in [-0.2, 0) is 4.79 Å². The zero-order valence-corrected chi connectivity index (χ0v) is 14.0. The van der Waals surface area contributed by atoms with Crippen LogP contribution in [0, 0.1) is 0 Å². The van der Waals surface area contributed by atoms with Crippen LogP contribution in [0.2, 0.25) is 0 Å². The molecular weight excluding hydrogens is 328 g/mol. The molecule has 2 amide bonds. The summed E-state index contributed by atoms with van der Waals surface area (Å²) in [6.07, 6.45) is 2.04. The number of amides is 2. The molecule has 0 unspecified atom stereocenters. The van der Waals surface area contributed by atoms with E-state index in [0.29, 0.717) is 10.9 Å². The Hall–Kier alpha value is -2.61. The van der Waals surface area contributed by atoms with Gasteiger partial charge in [-0.2, -0.15) is 0 Å². The van der Waals surface area contributed by atoms with Crippen LogP contribution >= 0.6 is 11.3 Å². The smallest absolute Gasteiger partial charge is 0.271 e. The molecule has 7 nitrogen and oxygen atoms in total. The maximum atomic E-state index is 12.0. The molecule has 1 aromatic heterocycles. The van der Waals surface area contributed by atoms with Crippen LogP contribution in [0.4, 0.5) is 10.8 Å². The van der Waals surface area contributed by atoms with E-state index < -0.39 is 0 Å². The number of carbonyl (C=O) groups is 2. The standard InChI is InChI=1S/C16H18N4O3S/c1-23-13-5-3-2-4-11(13)19-16-20-12(9-24-16)15(22)17-8-14(21)18-10-6-7-10/h2-5,9-10H,6-8H2,1H3,(H,17,22)(H,18,21)(H,19,20). The first-order valence-corrected chi connectivity index (χ1v) is 8.47. The molecule has 3 N–H and O–H groups in total. The lowest BCUT2D eigenvalue weighted by atomic mass is 10.3. The number of rotatable bonds is 7. The van der Waals surface area contributed by atoms with Gasteiger partial charge in [0, 0.05) is 11.4 Å². The molecule has 24 heavy (non-hydrogen) atoms. The van der Waals surface area contributed by atoms with Crippen molar-refractivity contribution in [2.75, 3.05) is 19.0 Å². The quantitative estimate of drug-likeness (QED) is 0.712. The van der Waals surface area contributed by atoms with Gasteiger partial charge in [-0.1, -0.05) is 12.1 Å². The Kier molecular flexibility index (Phi) is 4.95. The van der Waals surface area contributed by atoms with Gasteiger partial charge >= 0.3 is 0 Å². The highest BCUT2D eigenvalue weighted by Gasteiger charge is 2.23. The van der Waals surface area contributed by atoms with E-state index in [1.165, 1.54) is 11.3 Å². The fourth-order valence-corrected chi connectivity index (χ4v) is 2.76. The average molecular weight is 346 g/mol. The van der Waals surface area contributed by atoms with E-state index in [1.807, 2.05) is 24.3 Å². The molecule has 3 rings (SSSR count). The minimum Gasteiger partial charge on any atom is -0.495 e. The third-order valence-corrected chi connectivity index (χ3v) is 4.20. The van der Waals surface area contributed by atoms with E-state index in [9.17, 15) is 9.59 Å². The molecule has 1 saturated carbocycles. The van der Waals surface area contributed by atoms with Crippen LogP contribution in [0.1, 0.15) is 23.3 Å². The first kappa shape index (κ1) is 16.3. The number of aromatic nitrogens is 1. The van der Waals surface area contributed by atoms with Crippen LogP contribution in [0.3, 0.4) is 0 Å². The molecule has 1 heterocycles. The van der Waals surface area contributed by atoms with Crippen LogP contribution in [0.15, 0.2) is 29.6 Å². The molecule has 0 atom stereocenters. The third-order valence-electron chi connectivity index (χ3n) is 3.44. The zero-order chi connectivity index (χ0) is 16.9. The van der Waals surface area contributed by atoms with Crippen LogP contribution in [0.25, 0.3) is 0 Å². The van der Waals surface area contributed by atoms with Gasteiger partial charge in [0.2, 0.25) is 5.91 Å². The van der Waals surface area contributed by atoms with Gasteiger partial charge < -0.3 is 20.7 Å². The second-order valence-corrected chi connectivity index (χ2v) is 6.25. The Morgan fingerprint density at radius 1 is 1.33 bits per heavy atom. The number of anilines is 2. The lowest BCUT2D eigenvalue weighted by Gasteiger charge is -2.08. The fraction of sp³-hybridized carbons (Fsp3) is 0.312. The molecule has 0 bridgehead atoms. The molecule has 0 spiro atoms. The summed E-state index contributed by atoms with van der Waals surface area (Å²) < 4.78 is 5.26. The number of hydrogen-bond donors (Lipinski definition) is 3. The summed E-state index contributed by atoms with van der Waals surface area (Å²) in [6, 6.07) is 7.73. The van der Waals surface area contributed by atoms with Crippen molar-refractivity contribution in [1.82, 2.24) is 15.6 Å². The summed E-state index contributed by atoms with van der Waals surface area (Å²) in [5.74, 6) is 0.147. The second-order valence-electron chi connectivity index (χ2n) is 5.39. The number of benzene rings is 1. The summed E-state index contributed by atoms with van der Waals surface area (Å²) in [5, 5.41) is 10.7. The van der Waals surface area contributed by atoms with Crippen LogP contribution in [-0.4, -0.2) is 36.5 Å². The van der Waals surface area contributed by atoms with Crippen LogP contribution < -0.4 is 20.7 Å². The molecule has 0 radical (unpaired) electrons. The summed E-state index contributed by atoms with van der Waals surface area (Å²) in [7, 11) is 1.59. The van der Waals surface area contributed by atoms with Gasteiger partial charge in [-0.25, -0.2) is 4.98 Å². The van der Waals surface area contributed by atoms with Crippen molar-refractivity contribution in [2.45, 2.75) is 18.9 Å². The summed E-state index contributed by atoms with van der Waals surface area (Å²) in [6.45, 7) is -0.0396. The zero-order valence-electron chi connectivity index (χ0n) is 13.2. The topological polar surface area (TPSA) is 92.3 Å². The van der Waals surface area contributed by atoms with E-state index in [2.05, 4.69) is 20.9 Å². The van der Waals surface area contributed by atoms with E-state index in [1.54, 1.807) is 12.5 Å². The van der Waals surface area contributed by atoms with Gasteiger partial charge in [0.05, 0.1) is 19.3 Å². The van der Waals surface area contributed by atoms with Crippen molar-refractivity contribution in [3.8, 4) is 5.75 Å². The van der Waals surface area contributed by atoms with E-state index in [0.717, 1.165) is 18.5 Å². The van der Waals surface area contributed by atoms with Crippen molar-refractivity contribution in [3.63, 3.8) is 0 Å². The lowest BCUT2D eigenvalue weighted by Crippen LogP contribution is -2.37. The number of methoxy groups -OCH3 is 1. The Balaban J connectivity index is 1.56. The van der Waals surface area contributed by atoms with Gasteiger partial charge in [-0.15, -0.1) is 11.3 Å². The van der Waals surface area contributed by atoms with Crippen molar-refractivity contribution in [1.29, 1.82) is 0 Å². The molecule has 1 aliphatic carbocycles. The first-order valence-electron chi connectivity index (χ1n) is 7.59. The Labute approximate surface area is 143 Å². The van der Waals surface area contributed by atoms with Gasteiger partial charge in [-0.05, 0) is 25.0 Å². The van der Waals surface area contributed by atoms with E-state index >= 15 is 0 Å². The van der Waals surface area contributed by atoms with E-state index in [4.69, 9.17) is 4.74 Å². The highest BCUT2D eigenvalue weighted by molar-refractivity contribution is 7.14. The largest absolute Gasteiger partial charge is 0.495 e. The van der Waals surface area contributed by atoms with Gasteiger partial charge in [0.25, 0.3) is 5.91 Å². The number of carbonyl (C=O) groups excluding carboxylic acids is 2. The highest BCUT2D eigenvalue weighted by Crippen LogP contribution is 2.28. The minimum absolute atomic E-state index is 0.0396. The monoisotopic (exact) mass is 346 g/mol. The first-order chi connectivity index (χ1) is 11.7. The number of para-hydroxylation sites is 2. The van der Waals surface area contributed by atoms with E-state index in [-0.39, 0.29) is 30.1 Å². The molecule has 1 aliphatic rings. The molecular formula is C16H18N4O3S. The van der Waals surface area contributed by atoms with Crippen LogP contribution in [0.5, 0.6) is 5.75 Å². The predicted molar refractivity (Wildman–Crippen MR) is 91.9 cm³/mol. The molecule has 2 aromatic rings. The molecule has 1 fully saturated rings. The molecule has 126 valence electrons. The van der Waals surface area contributed by atoms with Gasteiger partial charge in [0.15, 0.2) is 5.13 Å². The van der Waals surface area contributed by atoms with Crippen molar-refractivity contribution >= 4 is 34.0 Å². The predicted octanol–water partition coefficient (Wildman–Crippen LogP) is 1.90. The normalized spacial score (nSPS) is 13.2. The average Bonchev–Trinajstić information content (AvgIpc) is 3.28. The Morgan fingerprint density at radius 2 is 2.12 bits per heavy atom. The lowest BCUT2D eigenvalue weighted by molar-refractivity contribution is -0.120. The van der Waals surface area contributed by atoms with Gasteiger partial charge in [-0.3, -0.25) is 9.59 Å². The maximum Gasteiger partial charge on any atom is 0.271 e. The van der Waals surface area contributed by atoms with Crippen molar-refractivity contribution in [3.05, 3.63) is 35.3 Å². The van der Waals surface area contributed by atoms with Crippen molar-refractivity contribution < 1.29 is 14.3 Å². The SMILES string of the molecule is COc1ccccc1Nc1nc(C(=O)NCC(=O)NC2CC2)cs1. The number of thiazole rings is 1. The molecule has 1 aromatic carbocycles. The summed E-state index contributed by atoms with van der Waals surface area (Å²) in [5.41, 5.74) is 1.04. The number of nitrogens with one attached hydrogen (secondary N) is 3. The summed E-state index contributed by atoms with van der Waals surface area (Å²) >= 11 is 1.31. The number of ether oxygens (including phenoxy) is 1.